The third kappa shape index (κ3) is 4.56. The number of hydrogen-bond donors (Lipinski definition) is 0. The van der Waals surface area contributed by atoms with Crippen LogP contribution in [0, 0.1) is 12.8 Å². The number of amides is 1. The highest BCUT2D eigenvalue weighted by Crippen LogP contribution is 2.43. The number of aryl methyl sites for hydroxylation is 1. The van der Waals surface area contributed by atoms with Crippen molar-refractivity contribution < 1.29 is 28.7 Å². The Labute approximate surface area is 210 Å². The molecular formula is C25H21ClN2O6S. The molecule has 0 saturated carbocycles. The van der Waals surface area contributed by atoms with Crippen molar-refractivity contribution in [2.45, 2.75) is 19.9 Å². The van der Waals surface area contributed by atoms with E-state index >= 15 is 0 Å². The van der Waals surface area contributed by atoms with Crippen molar-refractivity contribution in [1.29, 1.82) is 0 Å². The molecule has 1 fully saturated rings. The van der Waals surface area contributed by atoms with Gasteiger partial charge in [-0.15, -0.1) is 0 Å². The van der Waals surface area contributed by atoms with E-state index in [0.717, 1.165) is 11.3 Å². The first-order valence-corrected chi connectivity index (χ1v) is 11.9. The Bertz CT molecular complexity index is 1300. The van der Waals surface area contributed by atoms with Crippen LogP contribution in [0.5, 0.6) is 5.75 Å². The smallest absolute Gasteiger partial charge is 0.350 e. The van der Waals surface area contributed by atoms with Gasteiger partial charge in [0.05, 0.1) is 25.5 Å². The van der Waals surface area contributed by atoms with Crippen LogP contribution in [0.4, 0.5) is 5.13 Å². The van der Waals surface area contributed by atoms with Gasteiger partial charge in [-0.25, -0.2) is 9.78 Å². The fraction of sp³-hybridized carbons (Fsp3) is 0.240. The first-order valence-electron chi connectivity index (χ1n) is 10.7. The van der Waals surface area contributed by atoms with E-state index in [4.69, 9.17) is 21.1 Å². The van der Waals surface area contributed by atoms with Crippen molar-refractivity contribution in [3.05, 3.63) is 75.3 Å². The Kier molecular flexibility index (Phi) is 7.00. The molecule has 2 aromatic carbocycles. The van der Waals surface area contributed by atoms with Crippen LogP contribution in [0.1, 0.15) is 44.3 Å². The molecule has 0 N–H and O–H groups in total. The SMILES string of the molecule is CCOc1ccc(C(=O)C2C(=O)C(=O)N(c3nc(C)c(C(=O)OC)s3)C2c2ccc(Cl)cc2)cc1. The molecular weight excluding hydrogens is 492 g/mol. The number of nitrogens with zero attached hydrogens (tertiary/aromatic N) is 2. The zero-order valence-corrected chi connectivity index (χ0v) is 20.7. The Morgan fingerprint density at radius 2 is 1.74 bits per heavy atom. The fourth-order valence-corrected chi connectivity index (χ4v) is 5.12. The molecule has 35 heavy (non-hydrogen) atoms. The molecule has 8 nitrogen and oxygen atoms in total. The number of carbonyl (C=O) groups excluding carboxylic acids is 4. The van der Waals surface area contributed by atoms with Crippen molar-refractivity contribution in [2.24, 2.45) is 5.92 Å². The van der Waals surface area contributed by atoms with Gasteiger partial charge in [0.15, 0.2) is 10.9 Å². The van der Waals surface area contributed by atoms with Crippen molar-refractivity contribution in [2.75, 3.05) is 18.6 Å². The number of carbonyl (C=O) groups is 4. The van der Waals surface area contributed by atoms with E-state index < -0.39 is 35.4 Å². The van der Waals surface area contributed by atoms with Crippen molar-refractivity contribution in [3.8, 4) is 5.75 Å². The maximum absolute atomic E-state index is 13.6. The van der Waals surface area contributed by atoms with Gasteiger partial charge in [-0.1, -0.05) is 35.1 Å². The quantitative estimate of drug-likeness (QED) is 0.199. The average molecular weight is 513 g/mol. The third-order valence-corrected chi connectivity index (χ3v) is 7.00. The number of ether oxygens (including phenoxy) is 2. The molecule has 1 aliphatic heterocycles. The largest absolute Gasteiger partial charge is 0.494 e. The summed E-state index contributed by atoms with van der Waals surface area (Å²) in [5.74, 6) is -3.56. The number of methoxy groups -OCH3 is 1. The summed E-state index contributed by atoms with van der Waals surface area (Å²) in [5.41, 5.74) is 1.16. The lowest BCUT2D eigenvalue weighted by atomic mass is 9.86. The van der Waals surface area contributed by atoms with Crippen LogP contribution in [0.3, 0.4) is 0 Å². The number of halogens is 1. The van der Waals surface area contributed by atoms with Crippen molar-refractivity contribution in [3.63, 3.8) is 0 Å². The monoisotopic (exact) mass is 512 g/mol. The molecule has 0 bridgehead atoms. The van der Waals surface area contributed by atoms with E-state index in [-0.39, 0.29) is 15.6 Å². The molecule has 1 aliphatic rings. The molecule has 1 amide bonds. The lowest BCUT2D eigenvalue weighted by molar-refractivity contribution is -0.135. The second kappa shape index (κ2) is 9.97. The van der Waals surface area contributed by atoms with Crippen LogP contribution < -0.4 is 9.64 Å². The van der Waals surface area contributed by atoms with Crippen LogP contribution in [-0.2, 0) is 14.3 Å². The molecule has 4 rings (SSSR count). The van der Waals surface area contributed by atoms with Crippen LogP contribution in [0.25, 0.3) is 0 Å². The highest BCUT2D eigenvalue weighted by Gasteiger charge is 2.53. The van der Waals surface area contributed by atoms with Gasteiger partial charge in [-0.3, -0.25) is 19.3 Å². The summed E-state index contributed by atoms with van der Waals surface area (Å²) in [6.07, 6.45) is 0. The standard InChI is InChI=1S/C25H21ClN2O6S/c1-4-34-17-11-7-15(8-12-17)20(29)18-19(14-5-9-16(26)10-6-14)28(23(31)21(18)30)25-27-13(2)22(35-25)24(32)33-3/h5-12,18-19H,4H2,1-3H3. The highest BCUT2D eigenvalue weighted by molar-refractivity contribution is 7.17. The zero-order valence-electron chi connectivity index (χ0n) is 19.1. The Hall–Kier alpha value is -3.56. The Balaban J connectivity index is 1.81. The van der Waals surface area contributed by atoms with Gasteiger partial charge in [-0.2, -0.15) is 0 Å². The van der Waals surface area contributed by atoms with Crippen LogP contribution in [0.2, 0.25) is 5.02 Å². The summed E-state index contributed by atoms with van der Waals surface area (Å²) >= 11 is 6.98. The summed E-state index contributed by atoms with van der Waals surface area (Å²) in [6.45, 7) is 3.92. The molecule has 1 aromatic heterocycles. The van der Waals surface area contributed by atoms with Crippen LogP contribution in [0.15, 0.2) is 48.5 Å². The summed E-state index contributed by atoms with van der Waals surface area (Å²) in [4.78, 5) is 57.9. The van der Waals surface area contributed by atoms with Gasteiger partial charge in [0.1, 0.15) is 16.5 Å². The minimum atomic E-state index is -1.31. The molecule has 180 valence electrons. The predicted octanol–water partition coefficient (Wildman–Crippen LogP) is 4.45. The average Bonchev–Trinajstić information content (AvgIpc) is 3.36. The number of benzene rings is 2. The first-order chi connectivity index (χ1) is 16.8. The van der Waals surface area contributed by atoms with Crippen LogP contribution >= 0.6 is 22.9 Å². The summed E-state index contributed by atoms with van der Waals surface area (Å²) in [6, 6.07) is 12.0. The lowest BCUT2D eigenvalue weighted by Crippen LogP contribution is -2.30. The minimum absolute atomic E-state index is 0.128. The molecule has 1 saturated heterocycles. The summed E-state index contributed by atoms with van der Waals surface area (Å²) in [7, 11) is 1.24. The number of anilines is 1. The van der Waals surface area contributed by atoms with E-state index in [1.807, 2.05) is 6.92 Å². The van der Waals surface area contributed by atoms with Gasteiger partial charge in [-0.05, 0) is 55.8 Å². The zero-order chi connectivity index (χ0) is 25.3. The molecule has 2 atom stereocenters. The molecule has 2 unspecified atom stereocenters. The minimum Gasteiger partial charge on any atom is -0.494 e. The van der Waals surface area contributed by atoms with E-state index in [9.17, 15) is 19.2 Å². The second-order valence-electron chi connectivity index (χ2n) is 7.74. The predicted molar refractivity (Wildman–Crippen MR) is 130 cm³/mol. The lowest BCUT2D eigenvalue weighted by Gasteiger charge is -2.25. The Morgan fingerprint density at radius 3 is 2.34 bits per heavy atom. The topological polar surface area (TPSA) is 103 Å². The maximum Gasteiger partial charge on any atom is 0.350 e. The summed E-state index contributed by atoms with van der Waals surface area (Å²) < 4.78 is 10.2. The first kappa shape index (κ1) is 24.6. The Morgan fingerprint density at radius 1 is 1.09 bits per heavy atom. The van der Waals surface area contributed by atoms with Gasteiger partial charge in [0.2, 0.25) is 5.78 Å². The van der Waals surface area contributed by atoms with Gasteiger partial charge in [0, 0.05) is 10.6 Å². The fourth-order valence-electron chi connectivity index (χ4n) is 3.97. The van der Waals surface area contributed by atoms with Gasteiger partial charge >= 0.3 is 5.97 Å². The number of rotatable bonds is 7. The molecule has 0 spiro atoms. The number of ketones is 2. The maximum atomic E-state index is 13.6. The molecule has 3 aromatic rings. The number of esters is 1. The van der Waals surface area contributed by atoms with E-state index in [1.165, 1.54) is 12.0 Å². The number of thiazole rings is 1. The van der Waals surface area contributed by atoms with Gasteiger partial charge in [0.25, 0.3) is 5.91 Å². The molecule has 2 heterocycles. The molecule has 10 heteroatoms. The normalized spacial score (nSPS) is 17.5. The van der Waals surface area contributed by atoms with Crippen molar-refractivity contribution in [1.82, 2.24) is 4.98 Å². The summed E-state index contributed by atoms with van der Waals surface area (Å²) in [5, 5.41) is 0.589. The highest BCUT2D eigenvalue weighted by atomic mass is 35.5. The number of Topliss-reactive ketones (excluding diaryl/α,β-unsaturated/α-hetero) is 2. The molecule has 0 aliphatic carbocycles. The van der Waals surface area contributed by atoms with Gasteiger partial charge < -0.3 is 9.47 Å². The van der Waals surface area contributed by atoms with E-state index in [0.29, 0.717) is 28.6 Å². The number of hydrogen-bond acceptors (Lipinski definition) is 8. The number of aromatic nitrogens is 1. The van der Waals surface area contributed by atoms with Crippen molar-refractivity contribution >= 4 is 51.5 Å². The van der Waals surface area contributed by atoms with Crippen LogP contribution in [-0.4, -0.2) is 42.1 Å². The van der Waals surface area contributed by atoms with E-state index in [1.54, 1.807) is 55.5 Å². The third-order valence-electron chi connectivity index (χ3n) is 5.61. The van der Waals surface area contributed by atoms with E-state index in [2.05, 4.69) is 4.98 Å². The second-order valence-corrected chi connectivity index (χ2v) is 9.15. The molecule has 0 radical (unpaired) electrons.